The summed E-state index contributed by atoms with van der Waals surface area (Å²) in [7, 11) is -0.0375. The van der Waals surface area contributed by atoms with Crippen LogP contribution in [0.15, 0.2) is 79.0 Å². The summed E-state index contributed by atoms with van der Waals surface area (Å²) < 4.78 is 66.7. The SMILES string of the molecule is CN(Cc1ccccc1N1CCC(=O)NC1=O)C1CCN(c2ccc(Nc3ncc(C(F)(F)F)c(NCc4cccc(N(C)S(C)(=O)=O)c4)n3)cc2)CC1. The van der Waals surface area contributed by atoms with E-state index in [1.54, 1.807) is 29.2 Å². The van der Waals surface area contributed by atoms with Gasteiger partial charge in [0.15, 0.2) is 0 Å². The number of hydrogen-bond acceptors (Lipinski definition) is 10. The first-order valence-electron chi connectivity index (χ1n) is 17.4. The molecule has 2 aliphatic heterocycles. The minimum atomic E-state index is -4.71. The number of halogens is 3. The van der Waals surface area contributed by atoms with Gasteiger partial charge in [0.25, 0.3) is 0 Å². The van der Waals surface area contributed by atoms with Crippen LogP contribution in [0.1, 0.15) is 36.0 Å². The van der Waals surface area contributed by atoms with E-state index < -0.39 is 33.6 Å². The van der Waals surface area contributed by atoms with Gasteiger partial charge in [-0.25, -0.2) is 18.2 Å². The van der Waals surface area contributed by atoms with Gasteiger partial charge in [-0.2, -0.15) is 18.2 Å². The predicted molar refractivity (Wildman–Crippen MR) is 202 cm³/mol. The molecule has 0 unspecified atom stereocenters. The second-order valence-electron chi connectivity index (χ2n) is 13.4. The van der Waals surface area contributed by atoms with Gasteiger partial charge in [0.2, 0.25) is 21.9 Å². The lowest BCUT2D eigenvalue weighted by Crippen LogP contribution is -2.50. The number of alkyl halides is 3. The van der Waals surface area contributed by atoms with Crippen LogP contribution in [0, 0.1) is 0 Å². The number of urea groups is 1. The minimum Gasteiger partial charge on any atom is -0.371 e. The topological polar surface area (TPSA) is 143 Å². The molecular weight excluding hydrogens is 724 g/mol. The number of sulfonamides is 1. The van der Waals surface area contributed by atoms with Crippen molar-refractivity contribution in [3.8, 4) is 0 Å². The Bertz CT molecular complexity index is 2090. The largest absolute Gasteiger partial charge is 0.421 e. The molecule has 0 atom stereocenters. The number of anilines is 6. The molecule has 0 aliphatic carbocycles. The number of benzene rings is 3. The molecule has 3 N–H and O–H groups in total. The summed E-state index contributed by atoms with van der Waals surface area (Å²) in [4.78, 5) is 38.4. The summed E-state index contributed by atoms with van der Waals surface area (Å²) in [5.74, 6) is -0.703. The van der Waals surface area contributed by atoms with Crippen molar-refractivity contribution >= 4 is 56.5 Å². The molecule has 286 valence electrons. The fourth-order valence-corrected chi connectivity index (χ4v) is 7.07. The molecule has 3 amide bonds. The quantitative estimate of drug-likeness (QED) is 0.162. The number of rotatable bonds is 12. The Morgan fingerprint density at radius 1 is 0.963 bits per heavy atom. The summed E-state index contributed by atoms with van der Waals surface area (Å²) in [5.41, 5.74) is 3.33. The number of nitrogens with one attached hydrogen (secondary N) is 3. The molecule has 3 heterocycles. The zero-order valence-corrected chi connectivity index (χ0v) is 30.9. The van der Waals surface area contributed by atoms with Gasteiger partial charge in [0.1, 0.15) is 11.4 Å². The number of carbonyl (C=O) groups excluding carboxylic acids is 2. The number of amides is 3. The number of nitrogens with zero attached hydrogens (tertiary/aromatic N) is 6. The Kier molecular flexibility index (Phi) is 11.3. The molecular formula is C37H42F3N9O4S. The van der Waals surface area contributed by atoms with E-state index in [1.807, 2.05) is 48.5 Å². The normalized spacial score (nSPS) is 15.7. The average molecular weight is 766 g/mol. The van der Waals surface area contributed by atoms with E-state index in [0.717, 1.165) is 59.6 Å². The van der Waals surface area contributed by atoms with Gasteiger partial charge in [0, 0.05) is 75.5 Å². The molecule has 3 aromatic carbocycles. The fraction of sp³-hybridized carbons (Fsp3) is 0.351. The molecule has 17 heteroatoms. The average Bonchev–Trinajstić information content (AvgIpc) is 3.14. The highest BCUT2D eigenvalue weighted by atomic mass is 32.2. The lowest BCUT2D eigenvalue weighted by Gasteiger charge is -2.38. The van der Waals surface area contributed by atoms with E-state index in [-0.39, 0.29) is 24.8 Å². The van der Waals surface area contributed by atoms with Gasteiger partial charge >= 0.3 is 12.2 Å². The van der Waals surface area contributed by atoms with Gasteiger partial charge in [-0.3, -0.25) is 24.2 Å². The molecule has 0 radical (unpaired) electrons. The summed E-state index contributed by atoms with van der Waals surface area (Å²) in [6.45, 7) is 2.60. The molecule has 4 aromatic rings. The van der Waals surface area contributed by atoms with Crippen molar-refractivity contribution in [3.05, 3.63) is 95.7 Å². The van der Waals surface area contributed by atoms with Gasteiger partial charge in [0.05, 0.1) is 11.9 Å². The first-order valence-corrected chi connectivity index (χ1v) is 19.2. The van der Waals surface area contributed by atoms with Gasteiger partial charge in [-0.15, -0.1) is 0 Å². The van der Waals surface area contributed by atoms with Crippen LogP contribution in [0.3, 0.4) is 0 Å². The molecule has 13 nitrogen and oxygen atoms in total. The molecule has 54 heavy (non-hydrogen) atoms. The molecule has 6 rings (SSSR count). The lowest BCUT2D eigenvalue weighted by molar-refractivity contribution is -0.137. The Morgan fingerprint density at radius 3 is 2.37 bits per heavy atom. The van der Waals surface area contributed by atoms with Crippen molar-refractivity contribution in [2.75, 3.05) is 64.7 Å². The number of para-hydroxylation sites is 1. The maximum atomic E-state index is 13.9. The van der Waals surface area contributed by atoms with E-state index in [9.17, 15) is 31.2 Å². The van der Waals surface area contributed by atoms with Crippen LogP contribution in [0.25, 0.3) is 0 Å². The van der Waals surface area contributed by atoms with Crippen molar-refractivity contribution in [1.29, 1.82) is 0 Å². The third kappa shape index (κ3) is 9.20. The Balaban J connectivity index is 1.06. The highest BCUT2D eigenvalue weighted by molar-refractivity contribution is 7.92. The molecule has 2 aliphatic rings. The zero-order valence-electron chi connectivity index (χ0n) is 30.1. The Morgan fingerprint density at radius 2 is 1.69 bits per heavy atom. The Labute approximate surface area is 312 Å². The maximum absolute atomic E-state index is 13.9. The smallest absolute Gasteiger partial charge is 0.371 e. The van der Waals surface area contributed by atoms with Crippen molar-refractivity contribution in [2.24, 2.45) is 0 Å². The van der Waals surface area contributed by atoms with Gasteiger partial charge in [-0.1, -0.05) is 30.3 Å². The predicted octanol–water partition coefficient (Wildman–Crippen LogP) is 5.79. The summed E-state index contributed by atoms with van der Waals surface area (Å²) in [6, 6.07) is 21.7. The van der Waals surface area contributed by atoms with Crippen LogP contribution in [-0.2, 0) is 34.1 Å². The first-order chi connectivity index (χ1) is 25.7. The highest BCUT2D eigenvalue weighted by Crippen LogP contribution is 2.35. The highest BCUT2D eigenvalue weighted by Gasteiger charge is 2.35. The third-order valence-electron chi connectivity index (χ3n) is 9.66. The number of aromatic nitrogens is 2. The molecule has 1 aromatic heterocycles. The molecule has 2 saturated heterocycles. The number of piperidine rings is 1. The molecule has 0 saturated carbocycles. The third-order valence-corrected chi connectivity index (χ3v) is 10.9. The maximum Gasteiger partial charge on any atom is 0.421 e. The number of hydrogen-bond donors (Lipinski definition) is 3. The van der Waals surface area contributed by atoms with Crippen LogP contribution < -0.4 is 30.1 Å². The lowest BCUT2D eigenvalue weighted by atomic mass is 10.0. The van der Waals surface area contributed by atoms with Crippen LogP contribution in [0.4, 0.5) is 52.5 Å². The van der Waals surface area contributed by atoms with E-state index >= 15 is 0 Å². The fourth-order valence-electron chi connectivity index (χ4n) is 6.57. The minimum absolute atomic E-state index is 0.0244. The number of imide groups is 1. The number of carbonyl (C=O) groups is 2. The second kappa shape index (κ2) is 15.9. The van der Waals surface area contributed by atoms with E-state index in [2.05, 4.69) is 42.8 Å². The first kappa shape index (κ1) is 38.3. The monoisotopic (exact) mass is 765 g/mol. The van der Waals surface area contributed by atoms with Crippen LogP contribution >= 0.6 is 0 Å². The summed E-state index contributed by atoms with van der Waals surface area (Å²) in [5, 5.41) is 8.14. The van der Waals surface area contributed by atoms with E-state index in [4.69, 9.17) is 0 Å². The second-order valence-corrected chi connectivity index (χ2v) is 15.4. The van der Waals surface area contributed by atoms with Crippen molar-refractivity contribution < 1.29 is 31.2 Å². The molecule has 2 fully saturated rings. The van der Waals surface area contributed by atoms with Crippen LogP contribution in [-0.4, -0.2) is 81.3 Å². The van der Waals surface area contributed by atoms with E-state index in [1.165, 1.54) is 7.05 Å². The Hall–Kier alpha value is -5.42. The summed E-state index contributed by atoms with van der Waals surface area (Å²) in [6.07, 6.45) is -0.806. The van der Waals surface area contributed by atoms with E-state index in [0.29, 0.717) is 36.1 Å². The van der Waals surface area contributed by atoms with Gasteiger partial charge < -0.3 is 15.5 Å². The van der Waals surface area contributed by atoms with Crippen molar-refractivity contribution in [1.82, 2.24) is 20.2 Å². The molecule has 0 spiro atoms. The van der Waals surface area contributed by atoms with Crippen molar-refractivity contribution in [2.45, 2.75) is 44.6 Å². The molecule has 0 bridgehead atoms. The zero-order chi connectivity index (χ0) is 38.6. The standard InChI is InChI=1S/C37H42F3N9O4S/c1-46(24-26-8-4-5-10-32(26)49-20-17-33(50)44-36(49)51)28-15-18-48(19-16-28)29-13-11-27(12-14-29)43-35-42-23-31(37(38,39)40)34(45-35)41-22-25-7-6-9-30(21-25)47(2)54(3,52)53/h4-14,21,23,28H,15-20,22,24H2,1-3H3,(H,44,50,51)(H2,41,42,43,45). The van der Waals surface area contributed by atoms with Crippen molar-refractivity contribution in [3.63, 3.8) is 0 Å². The van der Waals surface area contributed by atoms with Crippen LogP contribution in [0.5, 0.6) is 0 Å². The van der Waals surface area contributed by atoms with Gasteiger partial charge in [-0.05, 0) is 73.5 Å². The summed E-state index contributed by atoms with van der Waals surface area (Å²) >= 11 is 0. The van der Waals surface area contributed by atoms with Crippen LogP contribution in [0.2, 0.25) is 0 Å².